The number of aromatic nitrogens is 3. The van der Waals surface area contributed by atoms with Gasteiger partial charge < -0.3 is 20.3 Å². The van der Waals surface area contributed by atoms with Crippen molar-refractivity contribution in [3.05, 3.63) is 18.4 Å². The van der Waals surface area contributed by atoms with Gasteiger partial charge in [-0.1, -0.05) is 11.8 Å². The lowest BCUT2D eigenvalue weighted by Crippen LogP contribution is -2.33. The number of nitrogens with two attached hydrogens (primary N) is 1. The van der Waals surface area contributed by atoms with Crippen LogP contribution in [0, 0.1) is 0 Å². The molecule has 1 amide bonds. The Morgan fingerprint density at radius 1 is 1.55 bits per heavy atom. The molecule has 1 aliphatic heterocycles. The van der Waals surface area contributed by atoms with Gasteiger partial charge in [0.25, 0.3) is 0 Å². The first-order valence-corrected chi connectivity index (χ1v) is 7.98. The van der Waals surface area contributed by atoms with Crippen molar-refractivity contribution in [3.63, 3.8) is 0 Å². The molecule has 1 fully saturated rings. The molecule has 1 aliphatic rings. The van der Waals surface area contributed by atoms with Gasteiger partial charge in [-0.15, -0.1) is 10.2 Å². The maximum Gasteiger partial charge on any atom is 0.230 e. The van der Waals surface area contributed by atoms with E-state index in [2.05, 4.69) is 15.5 Å². The third-order valence-corrected chi connectivity index (χ3v) is 4.23. The zero-order chi connectivity index (χ0) is 15.4. The molecule has 0 spiro atoms. The fourth-order valence-corrected chi connectivity index (χ4v) is 2.85. The molecule has 0 aromatic carbocycles. The van der Waals surface area contributed by atoms with E-state index in [9.17, 15) is 4.79 Å². The quantitative estimate of drug-likeness (QED) is 0.593. The summed E-state index contributed by atoms with van der Waals surface area (Å²) in [5.41, 5.74) is 0. The summed E-state index contributed by atoms with van der Waals surface area (Å²) in [5, 5.41) is 11.2. The Balaban J connectivity index is 1.50. The van der Waals surface area contributed by atoms with E-state index in [0.717, 1.165) is 19.4 Å². The van der Waals surface area contributed by atoms with Crippen LogP contribution in [0.1, 0.15) is 12.8 Å². The second-order valence-corrected chi connectivity index (χ2v) is 5.82. The van der Waals surface area contributed by atoms with Gasteiger partial charge in [-0.05, 0) is 25.0 Å². The topological polar surface area (TPSA) is 108 Å². The van der Waals surface area contributed by atoms with Crippen LogP contribution in [0.5, 0.6) is 0 Å². The van der Waals surface area contributed by atoms with E-state index >= 15 is 0 Å². The van der Waals surface area contributed by atoms with E-state index in [1.165, 1.54) is 22.7 Å². The van der Waals surface area contributed by atoms with Gasteiger partial charge >= 0.3 is 0 Å². The Kier molecular flexibility index (Phi) is 4.64. The standard InChI is InChI=1S/C13H17N5O3S/c14-18-12(10-4-2-6-21-10)16-17-13(18)22-8-11(19)15-7-9-3-1-5-20-9/h2,4,6,9H,1,3,5,7-8,14H2,(H,15,19)/t9-/m1/s1. The lowest BCUT2D eigenvalue weighted by Gasteiger charge is -2.10. The predicted molar refractivity (Wildman–Crippen MR) is 80.6 cm³/mol. The highest BCUT2D eigenvalue weighted by Gasteiger charge is 2.18. The van der Waals surface area contributed by atoms with Crippen LogP contribution in [0.25, 0.3) is 11.6 Å². The zero-order valence-corrected chi connectivity index (χ0v) is 12.7. The largest absolute Gasteiger partial charge is 0.461 e. The van der Waals surface area contributed by atoms with Crippen molar-refractivity contribution in [2.24, 2.45) is 0 Å². The second kappa shape index (κ2) is 6.84. The highest BCUT2D eigenvalue weighted by atomic mass is 32.2. The summed E-state index contributed by atoms with van der Waals surface area (Å²) in [6.45, 7) is 1.33. The first-order chi connectivity index (χ1) is 10.7. The molecule has 2 aromatic rings. The summed E-state index contributed by atoms with van der Waals surface area (Å²) in [7, 11) is 0. The number of ether oxygens (including phenoxy) is 1. The summed E-state index contributed by atoms with van der Waals surface area (Å²) in [6.07, 6.45) is 3.73. The van der Waals surface area contributed by atoms with E-state index in [0.29, 0.717) is 23.3 Å². The summed E-state index contributed by atoms with van der Waals surface area (Å²) < 4.78 is 12.0. The Labute approximate surface area is 131 Å². The summed E-state index contributed by atoms with van der Waals surface area (Å²) >= 11 is 1.23. The fraction of sp³-hybridized carbons (Fsp3) is 0.462. The molecule has 0 unspecified atom stereocenters. The molecule has 0 radical (unpaired) electrons. The summed E-state index contributed by atoms with van der Waals surface area (Å²) in [5.74, 6) is 7.01. The van der Waals surface area contributed by atoms with Gasteiger partial charge in [-0.2, -0.15) is 0 Å². The number of furan rings is 1. The number of nitrogen functional groups attached to an aromatic ring is 1. The van der Waals surface area contributed by atoms with Gasteiger partial charge in [0, 0.05) is 13.2 Å². The fourth-order valence-electron chi connectivity index (χ4n) is 2.16. The van der Waals surface area contributed by atoms with Crippen molar-refractivity contribution in [1.82, 2.24) is 20.2 Å². The van der Waals surface area contributed by atoms with Crippen LogP contribution in [-0.2, 0) is 9.53 Å². The number of thioether (sulfide) groups is 1. The molecule has 3 heterocycles. The van der Waals surface area contributed by atoms with Crippen molar-refractivity contribution >= 4 is 17.7 Å². The molecule has 118 valence electrons. The minimum atomic E-state index is -0.0805. The van der Waals surface area contributed by atoms with Crippen molar-refractivity contribution in [2.45, 2.75) is 24.1 Å². The predicted octanol–water partition coefficient (Wildman–Crippen LogP) is 0.639. The van der Waals surface area contributed by atoms with Gasteiger partial charge in [-0.25, -0.2) is 4.68 Å². The Bertz CT molecular complexity index is 622. The molecule has 0 saturated carbocycles. The molecular formula is C13H17N5O3S. The number of hydrogen-bond donors (Lipinski definition) is 2. The van der Waals surface area contributed by atoms with Crippen LogP contribution in [0.3, 0.4) is 0 Å². The highest BCUT2D eigenvalue weighted by Crippen LogP contribution is 2.21. The van der Waals surface area contributed by atoms with Crippen LogP contribution in [0.4, 0.5) is 0 Å². The van der Waals surface area contributed by atoms with Crippen LogP contribution >= 0.6 is 11.8 Å². The van der Waals surface area contributed by atoms with Gasteiger partial charge in [0.1, 0.15) is 0 Å². The molecule has 1 atom stereocenters. The van der Waals surface area contributed by atoms with E-state index in [1.807, 2.05) is 0 Å². The first-order valence-electron chi connectivity index (χ1n) is 6.99. The zero-order valence-electron chi connectivity index (χ0n) is 11.9. The molecule has 22 heavy (non-hydrogen) atoms. The molecule has 2 aromatic heterocycles. The average molecular weight is 323 g/mol. The maximum absolute atomic E-state index is 11.8. The normalized spacial score (nSPS) is 17.7. The minimum absolute atomic E-state index is 0.0805. The lowest BCUT2D eigenvalue weighted by molar-refractivity contribution is -0.119. The van der Waals surface area contributed by atoms with Gasteiger partial charge in [0.05, 0.1) is 18.1 Å². The Morgan fingerprint density at radius 3 is 3.18 bits per heavy atom. The molecule has 3 N–H and O–H groups in total. The smallest absolute Gasteiger partial charge is 0.230 e. The number of carbonyl (C=O) groups excluding carboxylic acids is 1. The number of carbonyl (C=O) groups is 1. The van der Waals surface area contributed by atoms with Gasteiger partial charge in [-0.3, -0.25) is 4.79 Å². The van der Waals surface area contributed by atoms with Crippen molar-refractivity contribution < 1.29 is 13.9 Å². The molecule has 0 aliphatic carbocycles. The van der Waals surface area contributed by atoms with E-state index in [-0.39, 0.29) is 17.8 Å². The molecule has 8 nitrogen and oxygen atoms in total. The van der Waals surface area contributed by atoms with E-state index in [1.54, 1.807) is 12.1 Å². The number of nitrogens with zero attached hydrogens (tertiary/aromatic N) is 3. The average Bonchev–Trinajstić information content (AvgIpc) is 3.25. The Morgan fingerprint density at radius 2 is 2.45 bits per heavy atom. The van der Waals surface area contributed by atoms with Crippen LogP contribution < -0.4 is 11.2 Å². The van der Waals surface area contributed by atoms with Gasteiger partial charge in [0.2, 0.25) is 16.9 Å². The van der Waals surface area contributed by atoms with Crippen molar-refractivity contribution in [3.8, 4) is 11.6 Å². The third kappa shape index (κ3) is 3.42. The maximum atomic E-state index is 11.8. The van der Waals surface area contributed by atoms with Crippen LogP contribution in [-0.4, -0.2) is 45.8 Å². The number of nitrogens with one attached hydrogen (secondary N) is 1. The summed E-state index contributed by atoms with van der Waals surface area (Å²) in [4.78, 5) is 11.8. The molecule has 3 rings (SSSR count). The van der Waals surface area contributed by atoms with Crippen molar-refractivity contribution in [2.75, 3.05) is 24.7 Å². The van der Waals surface area contributed by atoms with Crippen LogP contribution in [0.15, 0.2) is 28.0 Å². The Hall–Kier alpha value is -2.00. The first kappa shape index (κ1) is 14.9. The number of rotatable bonds is 6. The highest BCUT2D eigenvalue weighted by molar-refractivity contribution is 7.99. The molecule has 9 heteroatoms. The third-order valence-electron chi connectivity index (χ3n) is 3.29. The molecule has 1 saturated heterocycles. The van der Waals surface area contributed by atoms with Gasteiger partial charge in [0.15, 0.2) is 5.76 Å². The molecule has 0 bridgehead atoms. The summed E-state index contributed by atoms with van der Waals surface area (Å²) in [6, 6.07) is 3.49. The number of amides is 1. The van der Waals surface area contributed by atoms with E-state index < -0.39 is 0 Å². The second-order valence-electron chi connectivity index (χ2n) is 4.88. The monoisotopic (exact) mass is 323 g/mol. The minimum Gasteiger partial charge on any atom is -0.461 e. The SMILES string of the molecule is Nn1c(SCC(=O)NC[C@H]2CCCO2)nnc1-c1ccco1. The van der Waals surface area contributed by atoms with Crippen molar-refractivity contribution in [1.29, 1.82) is 0 Å². The number of hydrogen-bond acceptors (Lipinski definition) is 7. The van der Waals surface area contributed by atoms with E-state index in [4.69, 9.17) is 15.0 Å². The lowest BCUT2D eigenvalue weighted by atomic mass is 10.2. The van der Waals surface area contributed by atoms with Crippen LogP contribution in [0.2, 0.25) is 0 Å². The molecular weight excluding hydrogens is 306 g/mol.